The highest BCUT2D eigenvalue weighted by Crippen LogP contribution is 2.32. The molecule has 1 aromatic heterocycles. The first-order valence-electron chi connectivity index (χ1n) is 5.02. The Morgan fingerprint density at radius 1 is 1.33 bits per heavy atom. The van der Waals surface area contributed by atoms with E-state index in [1.165, 1.54) is 25.4 Å². The Labute approximate surface area is 112 Å². The van der Waals surface area contributed by atoms with Gasteiger partial charge in [-0.25, -0.2) is 9.37 Å². The van der Waals surface area contributed by atoms with Crippen LogP contribution in [0.15, 0.2) is 34.9 Å². The van der Waals surface area contributed by atoms with Gasteiger partial charge < -0.3 is 15.2 Å². The van der Waals surface area contributed by atoms with Gasteiger partial charge >= 0.3 is 0 Å². The van der Waals surface area contributed by atoms with Gasteiger partial charge in [0.15, 0.2) is 5.75 Å². The molecule has 0 unspecified atom stereocenters. The summed E-state index contributed by atoms with van der Waals surface area (Å²) in [5, 5.41) is 0. The van der Waals surface area contributed by atoms with Crippen LogP contribution in [-0.4, -0.2) is 12.1 Å². The van der Waals surface area contributed by atoms with E-state index in [-0.39, 0.29) is 5.75 Å². The van der Waals surface area contributed by atoms with Crippen LogP contribution in [-0.2, 0) is 0 Å². The fourth-order valence-electron chi connectivity index (χ4n) is 1.33. The van der Waals surface area contributed by atoms with Crippen LogP contribution in [0, 0.1) is 5.82 Å². The van der Waals surface area contributed by atoms with E-state index in [4.69, 9.17) is 15.2 Å². The molecule has 0 atom stereocenters. The van der Waals surface area contributed by atoms with Gasteiger partial charge in [-0.1, -0.05) is 0 Å². The van der Waals surface area contributed by atoms with Gasteiger partial charge in [-0.05, 0) is 28.1 Å². The van der Waals surface area contributed by atoms with Gasteiger partial charge in [0.2, 0.25) is 5.88 Å². The first kappa shape index (κ1) is 12.6. The number of methoxy groups -OCH3 is 1. The fraction of sp³-hybridized carbons (Fsp3) is 0.0833. The van der Waals surface area contributed by atoms with Crippen molar-refractivity contribution in [2.45, 2.75) is 0 Å². The van der Waals surface area contributed by atoms with E-state index in [9.17, 15) is 4.39 Å². The Morgan fingerprint density at radius 2 is 2.11 bits per heavy atom. The maximum atomic E-state index is 13.4. The molecule has 0 bridgehead atoms. The van der Waals surface area contributed by atoms with Crippen LogP contribution in [0.1, 0.15) is 0 Å². The zero-order valence-corrected chi connectivity index (χ0v) is 11.1. The Hall–Kier alpha value is -1.82. The van der Waals surface area contributed by atoms with Crippen molar-refractivity contribution in [3.05, 3.63) is 40.8 Å². The number of nitrogen functional groups attached to an aromatic ring is 1. The smallest absolute Gasteiger partial charge is 0.216 e. The summed E-state index contributed by atoms with van der Waals surface area (Å²) in [5.41, 5.74) is 6.07. The maximum Gasteiger partial charge on any atom is 0.216 e. The van der Waals surface area contributed by atoms with Gasteiger partial charge in [-0.15, -0.1) is 0 Å². The van der Waals surface area contributed by atoms with E-state index in [1.54, 1.807) is 12.1 Å². The molecule has 0 saturated carbocycles. The Morgan fingerprint density at radius 3 is 2.83 bits per heavy atom. The lowest BCUT2D eigenvalue weighted by atomic mass is 10.3. The van der Waals surface area contributed by atoms with Crippen molar-refractivity contribution in [2.24, 2.45) is 0 Å². The van der Waals surface area contributed by atoms with Crippen molar-refractivity contribution in [1.29, 1.82) is 0 Å². The van der Waals surface area contributed by atoms with Gasteiger partial charge in [0.05, 0.1) is 17.3 Å². The van der Waals surface area contributed by atoms with Crippen LogP contribution in [0.25, 0.3) is 0 Å². The van der Waals surface area contributed by atoms with Gasteiger partial charge in [0.25, 0.3) is 0 Å². The number of hydrogen-bond acceptors (Lipinski definition) is 4. The van der Waals surface area contributed by atoms with Crippen LogP contribution in [0.2, 0.25) is 0 Å². The molecule has 2 rings (SSSR count). The molecule has 0 spiro atoms. The second-order valence-corrected chi connectivity index (χ2v) is 4.29. The van der Waals surface area contributed by atoms with Crippen LogP contribution in [0.4, 0.5) is 10.1 Å². The van der Waals surface area contributed by atoms with Crippen molar-refractivity contribution < 1.29 is 13.9 Å². The van der Waals surface area contributed by atoms with E-state index in [0.717, 1.165) is 0 Å². The molecular weight excluding hydrogens is 303 g/mol. The number of nitrogens with two attached hydrogens (primary N) is 1. The molecule has 6 heteroatoms. The molecule has 18 heavy (non-hydrogen) atoms. The predicted octanol–water partition coefficient (Wildman–Crippen LogP) is 3.37. The van der Waals surface area contributed by atoms with Crippen LogP contribution >= 0.6 is 15.9 Å². The molecule has 0 aliphatic heterocycles. The lowest BCUT2D eigenvalue weighted by molar-refractivity contribution is 0.392. The van der Waals surface area contributed by atoms with E-state index in [0.29, 0.717) is 21.8 Å². The summed E-state index contributed by atoms with van der Waals surface area (Å²) in [6, 6.07) is 5.87. The largest absolute Gasteiger partial charge is 0.481 e. The number of benzene rings is 1. The highest BCUT2D eigenvalue weighted by Gasteiger charge is 2.08. The minimum absolute atomic E-state index is 0.240. The van der Waals surface area contributed by atoms with Crippen LogP contribution in [0.5, 0.6) is 17.4 Å². The average molecular weight is 313 g/mol. The monoisotopic (exact) mass is 312 g/mol. The van der Waals surface area contributed by atoms with Crippen molar-refractivity contribution >= 4 is 21.6 Å². The molecule has 0 amide bonds. The molecule has 1 heterocycles. The SMILES string of the molecule is COc1cc(Oc2cc(F)c(Br)cc2N)ccn1. The number of rotatable bonds is 3. The molecule has 0 saturated heterocycles. The van der Waals surface area contributed by atoms with Crippen molar-refractivity contribution in [3.8, 4) is 17.4 Å². The number of anilines is 1. The topological polar surface area (TPSA) is 57.4 Å². The lowest BCUT2D eigenvalue weighted by Gasteiger charge is -2.09. The number of pyridine rings is 1. The van der Waals surface area contributed by atoms with Crippen LogP contribution in [0.3, 0.4) is 0 Å². The maximum absolute atomic E-state index is 13.4. The summed E-state index contributed by atoms with van der Waals surface area (Å²) in [6.07, 6.45) is 1.53. The Bertz CT molecular complexity index is 578. The predicted molar refractivity (Wildman–Crippen MR) is 69.4 cm³/mol. The molecule has 0 radical (unpaired) electrons. The highest BCUT2D eigenvalue weighted by atomic mass is 79.9. The molecule has 0 fully saturated rings. The summed E-state index contributed by atoms with van der Waals surface area (Å²) >= 11 is 3.05. The Kier molecular flexibility index (Phi) is 3.66. The minimum atomic E-state index is -0.444. The normalized spacial score (nSPS) is 10.2. The second-order valence-electron chi connectivity index (χ2n) is 3.44. The summed E-state index contributed by atoms with van der Waals surface area (Å²) in [6.45, 7) is 0. The van der Waals surface area contributed by atoms with Crippen molar-refractivity contribution in [1.82, 2.24) is 4.98 Å². The molecule has 2 aromatic rings. The quantitative estimate of drug-likeness (QED) is 0.883. The van der Waals surface area contributed by atoms with Gasteiger partial charge in [0, 0.05) is 18.3 Å². The number of ether oxygens (including phenoxy) is 2. The molecule has 1 aromatic carbocycles. The summed E-state index contributed by atoms with van der Waals surface area (Å²) in [7, 11) is 1.50. The lowest BCUT2D eigenvalue weighted by Crippen LogP contribution is -1.95. The minimum Gasteiger partial charge on any atom is -0.481 e. The van der Waals surface area contributed by atoms with Gasteiger partial charge in [-0.2, -0.15) is 0 Å². The molecule has 2 N–H and O–H groups in total. The zero-order chi connectivity index (χ0) is 13.1. The summed E-state index contributed by atoms with van der Waals surface area (Å²) in [4.78, 5) is 3.94. The van der Waals surface area contributed by atoms with Crippen LogP contribution < -0.4 is 15.2 Å². The zero-order valence-electron chi connectivity index (χ0n) is 9.48. The van der Waals surface area contributed by atoms with Crippen molar-refractivity contribution in [2.75, 3.05) is 12.8 Å². The fourth-order valence-corrected chi connectivity index (χ4v) is 1.69. The third kappa shape index (κ3) is 2.70. The highest BCUT2D eigenvalue weighted by molar-refractivity contribution is 9.10. The third-order valence-corrected chi connectivity index (χ3v) is 2.80. The van der Waals surface area contributed by atoms with Gasteiger partial charge in [-0.3, -0.25) is 0 Å². The molecular formula is C12H10BrFN2O2. The van der Waals surface area contributed by atoms with Gasteiger partial charge in [0.1, 0.15) is 11.6 Å². The average Bonchev–Trinajstić information content (AvgIpc) is 2.36. The first-order valence-corrected chi connectivity index (χ1v) is 5.82. The number of hydrogen-bond donors (Lipinski definition) is 1. The van der Waals surface area contributed by atoms with E-state index < -0.39 is 5.82 Å². The number of halogens is 2. The first-order chi connectivity index (χ1) is 8.60. The second kappa shape index (κ2) is 5.22. The van der Waals surface area contributed by atoms with E-state index in [1.807, 2.05) is 0 Å². The molecule has 0 aliphatic carbocycles. The summed E-state index contributed by atoms with van der Waals surface area (Å²) < 4.78 is 24.1. The number of nitrogens with zero attached hydrogens (tertiary/aromatic N) is 1. The van der Waals surface area contributed by atoms with E-state index >= 15 is 0 Å². The third-order valence-electron chi connectivity index (χ3n) is 2.20. The van der Waals surface area contributed by atoms with Crippen molar-refractivity contribution in [3.63, 3.8) is 0 Å². The molecule has 94 valence electrons. The summed E-state index contributed by atoms with van der Waals surface area (Å²) in [5.74, 6) is 0.670. The Balaban J connectivity index is 2.30. The number of aromatic nitrogens is 1. The molecule has 4 nitrogen and oxygen atoms in total. The van der Waals surface area contributed by atoms with E-state index in [2.05, 4.69) is 20.9 Å². The standard InChI is InChI=1S/C12H10BrFN2O2/c1-17-12-4-7(2-3-16-12)18-11-6-9(14)8(13)5-10(11)15/h2-6H,15H2,1H3. The molecule has 0 aliphatic rings.